The number of hydrogen-bond donors (Lipinski definition) is 4. The first-order valence-corrected chi connectivity index (χ1v) is 12.3. The Balaban J connectivity index is 1.25. The molecule has 2 aliphatic carbocycles. The molecule has 12 heteroatoms. The van der Waals surface area contributed by atoms with Crippen LogP contribution in [0.4, 0.5) is 0 Å². The summed E-state index contributed by atoms with van der Waals surface area (Å²) in [5.74, 6) is -3.60. The zero-order chi connectivity index (χ0) is 25.2. The van der Waals surface area contributed by atoms with Gasteiger partial charge in [0.25, 0.3) is 0 Å². The number of aliphatic hydroxyl groups excluding tert-OH is 4. The van der Waals surface area contributed by atoms with Gasteiger partial charge in [0, 0.05) is 24.8 Å². The number of likely N-dealkylation sites (tertiary alicyclic amines) is 1. The SMILES string of the molecule is CCN1C(=O)[C@H]2[C@H]3[C@H](O)[C@H](O)CC(=NOC[C@@H](O)[C@H]4O[C@@H]5OC(C)(C)O[C@@H]5[C@H]4O)[C@@H]3CC[C@H]2C1=O. The average Bonchev–Trinajstić information content (AvgIpc) is 3.37. The van der Waals surface area contributed by atoms with Crippen LogP contribution in [0.3, 0.4) is 0 Å². The van der Waals surface area contributed by atoms with E-state index in [9.17, 15) is 30.0 Å². The number of oxime groups is 1. The van der Waals surface area contributed by atoms with Crippen molar-refractivity contribution in [2.75, 3.05) is 13.2 Å². The summed E-state index contributed by atoms with van der Waals surface area (Å²) in [5, 5.41) is 46.5. The molecular formula is C23H34N2O10. The molecule has 5 rings (SSSR count). The third-order valence-corrected chi connectivity index (χ3v) is 8.05. The van der Waals surface area contributed by atoms with E-state index < -0.39 is 66.5 Å². The number of ether oxygens (including phenoxy) is 3. The van der Waals surface area contributed by atoms with Crippen molar-refractivity contribution in [3.63, 3.8) is 0 Å². The molecule has 2 amide bonds. The van der Waals surface area contributed by atoms with Crippen LogP contribution >= 0.6 is 0 Å². The lowest BCUT2D eigenvalue weighted by Crippen LogP contribution is -2.54. The maximum atomic E-state index is 12.9. The van der Waals surface area contributed by atoms with E-state index in [0.29, 0.717) is 18.6 Å². The minimum absolute atomic E-state index is 0.0545. The monoisotopic (exact) mass is 498 g/mol. The highest BCUT2D eigenvalue weighted by molar-refractivity contribution is 6.06. The van der Waals surface area contributed by atoms with Gasteiger partial charge in [-0.05, 0) is 33.6 Å². The number of aliphatic hydroxyl groups is 4. The molecule has 12 nitrogen and oxygen atoms in total. The largest absolute Gasteiger partial charge is 0.393 e. The van der Waals surface area contributed by atoms with Crippen LogP contribution < -0.4 is 0 Å². The van der Waals surface area contributed by atoms with Crippen molar-refractivity contribution in [2.24, 2.45) is 28.8 Å². The maximum absolute atomic E-state index is 12.9. The Morgan fingerprint density at radius 3 is 2.51 bits per heavy atom. The molecule has 196 valence electrons. The first-order valence-electron chi connectivity index (χ1n) is 12.3. The van der Waals surface area contributed by atoms with Crippen LogP contribution in [-0.4, -0.2) is 105 Å². The zero-order valence-electron chi connectivity index (χ0n) is 20.0. The van der Waals surface area contributed by atoms with Gasteiger partial charge in [0.2, 0.25) is 11.8 Å². The Bertz CT molecular complexity index is 896. The fourth-order valence-corrected chi connectivity index (χ4v) is 6.48. The molecule has 0 aromatic carbocycles. The molecule has 0 aromatic rings. The molecule has 5 fully saturated rings. The molecule has 4 N–H and O–H groups in total. The van der Waals surface area contributed by atoms with E-state index in [4.69, 9.17) is 19.0 Å². The van der Waals surface area contributed by atoms with E-state index in [2.05, 4.69) is 5.16 Å². The van der Waals surface area contributed by atoms with Crippen molar-refractivity contribution in [2.45, 2.75) is 88.7 Å². The summed E-state index contributed by atoms with van der Waals surface area (Å²) in [7, 11) is 0. The van der Waals surface area contributed by atoms with Crippen molar-refractivity contribution in [1.29, 1.82) is 0 Å². The Morgan fingerprint density at radius 1 is 1.11 bits per heavy atom. The van der Waals surface area contributed by atoms with Gasteiger partial charge in [0.15, 0.2) is 12.1 Å². The summed E-state index contributed by atoms with van der Waals surface area (Å²) in [5.41, 5.74) is 0.479. The van der Waals surface area contributed by atoms with Crippen molar-refractivity contribution < 1.29 is 49.1 Å². The molecule has 3 aliphatic heterocycles. The molecular weight excluding hydrogens is 464 g/mol. The second-order valence-electron chi connectivity index (χ2n) is 10.6. The molecule has 2 saturated carbocycles. The molecule has 0 aromatic heterocycles. The smallest absolute Gasteiger partial charge is 0.233 e. The zero-order valence-corrected chi connectivity index (χ0v) is 20.0. The molecule has 11 atom stereocenters. The number of carbonyl (C=O) groups is 2. The van der Waals surface area contributed by atoms with E-state index in [-0.39, 0.29) is 37.3 Å². The van der Waals surface area contributed by atoms with Crippen LogP contribution in [0.2, 0.25) is 0 Å². The topological polar surface area (TPSA) is 168 Å². The van der Waals surface area contributed by atoms with E-state index in [1.165, 1.54) is 4.90 Å². The van der Waals surface area contributed by atoms with Gasteiger partial charge < -0.3 is 39.5 Å². The van der Waals surface area contributed by atoms with Gasteiger partial charge in [-0.25, -0.2) is 0 Å². The molecule has 0 spiro atoms. The number of carbonyl (C=O) groups excluding carboxylic acids is 2. The Morgan fingerprint density at radius 2 is 1.83 bits per heavy atom. The summed E-state index contributed by atoms with van der Waals surface area (Å²) >= 11 is 0. The first-order chi connectivity index (χ1) is 16.5. The van der Waals surface area contributed by atoms with Gasteiger partial charge in [0.05, 0.1) is 29.8 Å². The van der Waals surface area contributed by atoms with E-state index in [0.717, 1.165) is 0 Å². The van der Waals surface area contributed by atoms with Gasteiger partial charge in [-0.1, -0.05) is 5.16 Å². The fraction of sp³-hybridized carbons (Fsp3) is 0.870. The minimum atomic E-state index is -1.23. The number of imide groups is 1. The standard InChI is InChI=1S/C23H34N2O10/c1-4-25-20(30)10-6-5-9-11(7-12(26)16(28)14(9)15(10)21(25)31)24-32-8-13(27)18-17(29)19-22(33-18)35-23(2,3)34-19/h9-10,12-19,22,26-29H,4-8H2,1-3H3/t9-,10+,12+,13+,14-,15+,16+,17-,18+,19+,22+/m0/s1. The maximum Gasteiger partial charge on any atom is 0.233 e. The molecule has 0 bridgehead atoms. The molecule has 35 heavy (non-hydrogen) atoms. The summed E-state index contributed by atoms with van der Waals surface area (Å²) in [6, 6.07) is 0. The number of fused-ring (bicyclic) bond motifs is 4. The summed E-state index contributed by atoms with van der Waals surface area (Å²) in [6.45, 7) is 5.12. The van der Waals surface area contributed by atoms with Crippen molar-refractivity contribution in [1.82, 2.24) is 4.90 Å². The first kappa shape index (κ1) is 25.0. The minimum Gasteiger partial charge on any atom is -0.393 e. The van der Waals surface area contributed by atoms with Gasteiger partial charge in [-0.15, -0.1) is 0 Å². The lowest BCUT2D eigenvalue weighted by molar-refractivity contribution is -0.228. The third kappa shape index (κ3) is 4.08. The highest BCUT2D eigenvalue weighted by Crippen LogP contribution is 2.49. The summed E-state index contributed by atoms with van der Waals surface area (Å²) in [4.78, 5) is 32.2. The molecule has 3 heterocycles. The van der Waals surface area contributed by atoms with Crippen LogP contribution in [0.1, 0.15) is 40.0 Å². The van der Waals surface area contributed by atoms with E-state index in [1.54, 1.807) is 20.8 Å². The predicted molar refractivity (Wildman–Crippen MR) is 116 cm³/mol. The molecule has 5 aliphatic rings. The quantitative estimate of drug-likeness (QED) is 0.265. The Kier molecular flexibility index (Phi) is 6.44. The second-order valence-corrected chi connectivity index (χ2v) is 10.6. The van der Waals surface area contributed by atoms with Crippen LogP contribution in [0, 0.1) is 23.7 Å². The third-order valence-electron chi connectivity index (χ3n) is 8.05. The van der Waals surface area contributed by atoms with Crippen LogP contribution in [0.25, 0.3) is 0 Å². The summed E-state index contributed by atoms with van der Waals surface area (Å²) in [6.07, 6.45) is -6.12. The number of rotatable bonds is 5. The average molecular weight is 499 g/mol. The number of hydrogen-bond acceptors (Lipinski definition) is 11. The molecule has 3 saturated heterocycles. The highest BCUT2D eigenvalue weighted by atomic mass is 16.8. The van der Waals surface area contributed by atoms with Crippen LogP contribution in [0.5, 0.6) is 0 Å². The Hall–Kier alpha value is -1.67. The van der Waals surface area contributed by atoms with Crippen LogP contribution in [0.15, 0.2) is 5.16 Å². The van der Waals surface area contributed by atoms with E-state index in [1.807, 2.05) is 0 Å². The lowest BCUT2D eigenvalue weighted by atomic mass is 9.60. The van der Waals surface area contributed by atoms with Gasteiger partial charge in [-0.3, -0.25) is 14.5 Å². The second kappa shape index (κ2) is 9.02. The van der Waals surface area contributed by atoms with Gasteiger partial charge >= 0.3 is 0 Å². The van der Waals surface area contributed by atoms with Gasteiger partial charge in [0.1, 0.15) is 31.0 Å². The Labute approximate surface area is 202 Å². The number of amides is 2. The fourth-order valence-electron chi connectivity index (χ4n) is 6.48. The normalized spacial score (nSPS) is 46.5. The summed E-state index contributed by atoms with van der Waals surface area (Å²) < 4.78 is 16.8. The van der Waals surface area contributed by atoms with E-state index >= 15 is 0 Å². The van der Waals surface area contributed by atoms with Gasteiger partial charge in [-0.2, -0.15) is 0 Å². The van der Waals surface area contributed by atoms with Crippen molar-refractivity contribution >= 4 is 17.5 Å². The lowest BCUT2D eigenvalue weighted by Gasteiger charge is -2.45. The molecule has 0 radical (unpaired) electrons. The number of nitrogens with zero attached hydrogens (tertiary/aromatic N) is 2. The van der Waals surface area contributed by atoms with Crippen molar-refractivity contribution in [3.05, 3.63) is 0 Å². The molecule has 0 unspecified atom stereocenters. The van der Waals surface area contributed by atoms with Crippen molar-refractivity contribution in [3.8, 4) is 0 Å². The highest BCUT2D eigenvalue weighted by Gasteiger charge is 2.60. The van der Waals surface area contributed by atoms with Crippen LogP contribution in [-0.2, 0) is 28.6 Å². The predicted octanol–water partition coefficient (Wildman–Crippen LogP) is -1.27.